The van der Waals surface area contributed by atoms with Crippen LogP contribution in [0.5, 0.6) is 0 Å². The molecule has 3 N–H and O–H groups in total. The molecule has 0 aliphatic carbocycles. The van der Waals surface area contributed by atoms with Crippen molar-refractivity contribution >= 4 is 46.4 Å². The van der Waals surface area contributed by atoms with Crippen molar-refractivity contribution in [2.75, 3.05) is 6.61 Å². The summed E-state index contributed by atoms with van der Waals surface area (Å²) >= 11 is 6.15. The lowest BCUT2D eigenvalue weighted by Gasteiger charge is -2.21. The predicted octanol–water partition coefficient (Wildman–Crippen LogP) is 3.80. The predicted molar refractivity (Wildman–Crippen MR) is 106 cm³/mol. The van der Waals surface area contributed by atoms with Gasteiger partial charge in [-0.3, -0.25) is 9.36 Å². The van der Waals surface area contributed by atoms with Gasteiger partial charge in [-0.15, -0.1) is 0 Å². The van der Waals surface area contributed by atoms with Crippen molar-refractivity contribution in [2.24, 2.45) is 5.73 Å². The minimum Gasteiger partial charge on any atom is -0.364 e. The van der Waals surface area contributed by atoms with Gasteiger partial charge in [0, 0.05) is 21.2 Å². The molecule has 7 heteroatoms. The van der Waals surface area contributed by atoms with Gasteiger partial charge in [0.25, 0.3) is 13.3 Å². The first-order valence-electron chi connectivity index (χ1n) is 8.22. The molecule has 3 rings (SSSR count). The Balaban J connectivity index is 2.45. The topological polar surface area (TPSA) is 85.2 Å². The summed E-state index contributed by atoms with van der Waals surface area (Å²) in [4.78, 5) is 15.1. The number of nitrogens with one attached hydrogen (secondary N) is 1. The maximum atomic E-state index is 14.2. The van der Waals surface area contributed by atoms with Gasteiger partial charge in [0.15, 0.2) is 0 Å². The Labute approximate surface area is 156 Å². The van der Waals surface area contributed by atoms with E-state index >= 15 is 0 Å². The molecule has 1 amide bonds. The first-order valence-corrected chi connectivity index (χ1v) is 10.2. The Kier molecular flexibility index (Phi) is 4.98. The zero-order valence-corrected chi connectivity index (χ0v) is 16.4. The molecule has 136 valence electrons. The zero-order chi connectivity index (χ0) is 19.1. The van der Waals surface area contributed by atoms with E-state index < -0.39 is 13.3 Å². The van der Waals surface area contributed by atoms with Gasteiger partial charge in [-0.05, 0) is 56.2 Å². The van der Waals surface area contributed by atoms with Crippen molar-refractivity contribution in [1.82, 2.24) is 4.98 Å². The molecular weight excluding hydrogens is 371 g/mol. The van der Waals surface area contributed by atoms with E-state index in [-0.39, 0.29) is 17.6 Å². The van der Waals surface area contributed by atoms with Crippen molar-refractivity contribution < 1.29 is 13.9 Å². The van der Waals surface area contributed by atoms with Crippen LogP contribution < -0.4 is 16.3 Å². The summed E-state index contributed by atoms with van der Waals surface area (Å²) in [6.07, 6.45) is 0. The van der Waals surface area contributed by atoms with Crippen LogP contribution in [-0.2, 0) is 9.09 Å². The highest BCUT2D eigenvalue weighted by molar-refractivity contribution is 7.75. The van der Waals surface area contributed by atoms with Crippen LogP contribution in [0.2, 0.25) is 5.02 Å². The maximum absolute atomic E-state index is 14.2. The van der Waals surface area contributed by atoms with E-state index in [1.807, 2.05) is 26.0 Å². The summed E-state index contributed by atoms with van der Waals surface area (Å²) in [5.74, 6) is -0.697. The van der Waals surface area contributed by atoms with E-state index in [1.165, 1.54) is 0 Å². The number of primary amides is 1. The van der Waals surface area contributed by atoms with Crippen LogP contribution in [0.1, 0.15) is 28.5 Å². The van der Waals surface area contributed by atoms with Crippen LogP contribution in [0.25, 0.3) is 10.9 Å². The molecule has 1 aromatic heterocycles. The molecule has 1 atom stereocenters. The van der Waals surface area contributed by atoms with Crippen molar-refractivity contribution in [3.8, 4) is 0 Å². The highest BCUT2D eigenvalue weighted by atomic mass is 35.5. The summed E-state index contributed by atoms with van der Waals surface area (Å²) in [6.45, 7) is 5.82. The van der Waals surface area contributed by atoms with Crippen LogP contribution in [0.4, 0.5) is 0 Å². The number of nitrogens with two attached hydrogens (primary N) is 1. The van der Waals surface area contributed by atoms with E-state index in [0.29, 0.717) is 21.2 Å². The molecule has 0 saturated carbocycles. The van der Waals surface area contributed by atoms with E-state index in [2.05, 4.69) is 4.98 Å². The molecule has 0 bridgehead atoms. The number of carbonyl (C=O) groups excluding carboxylic acids is 1. The molecule has 2 aromatic carbocycles. The van der Waals surface area contributed by atoms with Crippen molar-refractivity contribution in [3.05, 3.63) is 58.2 Å². The average Bonchev–Trinajstić information content (AvgIpc) is 2.97. The molecule has 1 heterocycles. The largest absolute Gasteiger partial charge is 0.364 e. The number of halogens is 1. The lowest BCUT2D eigenvalue weighted by atomic mass is 10.1. The third kappa shape index (κ3) is 2.96. The second kappa shape index (κ2) is 6.92. The highest BCUT2D eigenvalue weighted by Gasteiger charge is 2.37. The van der Waals surface area contributed by atoms with Crippen molar-refractivity contribution in [2.45, 2.75) is 20.8 Å². The smallest absolute Gasteiger partial charge is 0.266 e. The summed E-state index contributed by atoms with van der Waals surface area (Å²) in [6, 6.07) is 10.6. The number of amides is 1. The molecule has 0 radical (unpaired) electrons. The minimum atomic E-state index is -3.59. The van der Waals surface area contributed by atoms with Gasteiger partial charge in [0.05, 0.1) is 11.9 Å². The number of aromatic amines is 1. The van der Waals surface area contributed by atoms with Crippen molar-refractivity contribution in [3.63, 3.8) is 0 Å². The Morgan fingerprint density at radius 3 is 2.65 bits per heavy atom. The Bertz CT molecular complexity index is 1060. The van der Waals surface area contributed by atoms with Gasteiger partial charge in [-0.25, -0.2) is 0 Å². The number of aromatic nitrogens is 1. The van der Waals surface area contributed by atoms with Crippen LogP contribution in [0.3, 0.4) is 0 Å². The van der Waals surface area contributed by atoms with E-state index in [9.17, 15) is 9.36 Å². The summed E-state index contributed by atoms with van der Waals surface area (Å²) in [5, 5.41) is 1.88. The number of benzene rings is 2. The summed E-state index contributed by atoms with van der Waals surface area (Å²) in [5.41, 5.74) is 8.13. The minimum absolute atomic E-state index is 0.0833. The monoisotopic (exact) mass is 390 g/mol. The molecule has 26 heavy (non-hydrogen) atoms. The molecule has 0 spiro atoms. The summed E-state index contributed by atoms with van der Waals surface area (Å²) in [7, 11) is -3.59. The van der Waals surface area contributed by atoms with E-state index in [4.69, 9.17) is 21.9 Å². The fraction of sp³-hybridized carbons (Fsp3) is 0.211. The van der Waals surface area contributed by atoms with Crippen LogP contribution in [-0.4, -0.2) is 17.5 Å². The van der Waals surface area contributed by atoms with E-state index in [1.54, 1.807) is 31.2 Å². The lowest BCUT2D eigenvalue weighted by Crippen LogP contribution is -2.27. The molecular formula is C19H20ClN2O3P. The van der Waals surface area contributed by atoms with Gasteiger partial charge in [0.2, 0.25) is 0 Å². The van der Waals surface area contributed by atoms with Crippen molar-refractivity contribution in [1.29, 1.82) is 0 Å². The molecule has 0 aliphatic heterocycles. The molecule has 0 saturated heterocycles. The van der Waals surface area contributed by atoms with Crippen LogP contribution in [0.15, 0.2) is 36.4 Å². The number of H-pyrrole nitrogens is 1. The normalized spacial score (nSPS) is 13.7. The quantitative estimate of drug-likeness (QED) is 0.650. The third-order valence-electron chi connectivity index (χ3n) is 4.48. The highest BCUT2D eigenvalue weighted by Crippen LogP contribution is 2.48. The van der Waals surface area contributed by atoms with E-state index in [0.717, 1.165) is 11.1 Å². The van der Waals surface area contributed by atoms with Gasteiger partial charge in [-0.2, -0.15) is 0 Å². The number of hydrogen-bond donors (Lipinski definition) is 2. The number of fused-ring (bicyclic) bond motifs is 1. The molecule has 1 unspecified atom stereocenters. The Hall–Kier alpha value is -2.07. The number of rotatable bonds is 5. The zero-order valence-electron chi connectivity index (χ0n) is 14.8. The fourth-order valence-electron chi connectivity index (χ4n) is 3.12. The third-order valence-corrected chi connectivity index (χ3v) is 7.51. The molecule has 0 fully saturated rings. The van der Waals surface area contributed by atoms with Gasteiger partial charge >= 0.3 is 0 Å². The molecule has 3 aromatic rings. The number of hydrogen-bond acceptors (Lipinski definition) is 3. The summed E-state index contributed by atoms with van der Waals surface area (Å²) < 4.78 is 20.0. The first kappa shape index (κ1) is 18.7. The van der Waals surface area contributed by atoms with Crippen LogP contribution in [0, 0.1) is 13.8 Å². The average molecular weight is 391 g/mol. The standard InChI is InChI=1S/C19H20ClN2O3P/c1-4-25-26(24,16-7-5-6-11(2)12(16)3)18-14-10-13(20)8-9-15(14)22-17(18)19(21)23/h5-10,22H,4H2,1-3H3,(H2,21,23). The molecule has 5 nitrogen and oxygen atoms in total. The second-order valence-corrected chi connectivity index (χ2v) is 8.82. The Morgan fingerprint density at radius 2 is 2.00 bits per heavy atom. The van der Waals surface area contributed by atoms with Gasteiger partial charge < -0.3 is 15.2 Å². The number of aryl methyl sites for hydroxylation is 1. The Morgan fingerprint density at radius 1 is 1.27 bits per heavy atom. The molecule has 0 aliphatic rings. The number of carbonyl (C=O) groups is 1. The first-order chi connectivity index (χ1) is 12.3. The van der Waals surface area contributed by atoms with Gasteiger partial charge in [-0.1, -0.05) is 23.7 Å². The van der Waals surface area contributed by atoms with Gasteiger partial charge in [0.1, 0.15) is 5.69 Å². The maximum Gasteiger partial charge on any atom is 0.266 e. The second-order valence-electron chi connectivity index (χ2n) is 6.09. The lowest BCUT2D eigenvalue weighted by molar-refractivity contribution is 0.0997. The fourth-order valence-corrected chi connectivity index (χ4v) is 6.03. The SMILES string of the molecule is CCOP(=O)(c1cccc(C)c1C)c1c(C(N)=O)[nH]c2ccc(Cl)cc12. The van der Waals surface area contributed by atoms with Crippen LogP contribution >= 0.6 is 19.0 Å².